The number of non-ortho nitro benzene ring substituents is 1. The van der Waals surface area contributed by atoms with Gasteiger partial charge in [0.2, 0.25) is 0 Å². The van der Waals surface area contributed by atoms with Crippen molar-refractivity contribution in [2.75, 3.05) is 18.0 Å². The van der Waals surface area contributed by atoms with Crippen LogP contribution in [-0.4, -0.2) is 34.1 Å². The van der Waals surface area contributed by atoms with E-state index >= 15 is 0 Å². The monoisotopic (exact) mass is 293 g/mol. The van der Waals surface area contributed by atoms with Gasteiger partial charge in [0.25, 0.3) is 11.4 Å². The zero-order valence-corrected chi connectivity index (χ0v) is 11.2. The zero-order chi connectivity index (χ0) is 15.1. The number of hydrogen-bond acceptors (Lipinski definition) is 6. The van der Waals surface area contributed by atoms with Gasteiger partial charge in [-0.25, -0.2) is 0 Å². The van der Waals surface area contributed by atoms with Crippen LogP contribution in [0.15, 0.2) is 18.2 Å². The number of fused-ring (bicyclic) bond motifs is 1. The van der Waals surface area contributed by atoms with Gasteiger partial charge < -0.3 is 10.0 Å². The number of aliphatic hydroxyl groups is 1. The molecule has 0 amide bonds. The molecule has 8 nitrogen and oxygen atoms in total. The van der Waals surface area contributed by atoms with Crippen LogP contribution in [0.2, 0.25) is 0 Å². The lowest BCUT2D eigenvalue weighted by atomic mass is 10.00. The molecule has 1 saturated carbocycles. The quantitative estimate of drug-likeness (QED) is 0.671. The van der Waals surface area contributed by atoms with Crippen LogP contribution >= 0.6 is 0 Å². The Morgan fingerprint density at radius 2 is 1.90 bits per heavy atom. The SMILES string of the molecule is O=[N+]([O-])c1ccc(N2CC3CCC(O)C3C2)c([N+](=O)[O-])c1. The Hall–Kier alpha value is -2.22. The summed E-state index contributed by atoms with van der Waals surface area (Å²) in [7, 11) is 0. The molecule has 3 atom stereocenters. The summed E-state index contributed by atoms with van der Waals surface area (Å²) < 4.78 is 0. The van der Waals surface area contributed by atoms with Crippen LogP contribution < -0.4 is 4.90 Å². The Kier molecular flexibility index (Phi) is 3.25. The summed E-state index contributed by atoms with van der Waals surface area (Å²) in [5.74, 6) is 0.481. The Morgan fingerprint density at radius 1 is 1.14 bits per heavy atom. The topological polar surface area (TPSA) is 110 Å². The van der Waals surface area contributed by atoms with E-state index in [9.17, 15) is 25.3 Å². The van der Waals surface area contributed by atoms with E-state index < -0.39 is 9.85 Å². The van der Waals surface area contributed by atoms with Gasteiger partial charge in [-0.1, -0.05) is 0 Å². The molecule has 21 heavy (non-hydrogen) atoms. The van der Waals surface area contributed by atoms with E-state index in [1.165, 1.54) is 12.1 Å². The molecule has 0 spiro atoms. The fourth-order valence-electron chi connectivity index (χ4n) is 3.47. The normalized spacial score (nSPS) is 27.7. The average Bonchev–Trinajstić information content (AvgIpc) is 3.00. The summed E-state index contributed by atoms with van der Waals surface area (Å²) in [6.07, 6.45) is 1.35. The molecule has 0 bridgehead atoms. The van der Waals surface area contributed by atoms with Gasteiger partial charge in [0.05, 0.1) is 22.0 Å². The van der Waals surface area contributed by atoms with Crippen molar-refractivity contribution in [3.8, 4) is 0 Å². The molecule has 1 saturated heterocycles. The van der Waals surface area contributed by atoms with E-state index in [2.05, 4.69) is 0 Å². The summed E-state index contributed by atoms with van der Waals surface area (Å²) in [5.41, 5.74) is -0.143. The van der Waals surface area contributed by atoms with Gasteiger partial charge in [-0.15, -0.1) is 0 Å². The van der Waals surface area contributed by atoms with Crippen LogP contribution in [-0.2, 0) is 0 Å². The number of rotatable bonds is 3. The molecule has 2 fully saturated rings. The second-order valence-corrected chi connectivity index (χ2v) is 5.66. The molecule has 8 heteroatoms. The van der Waals surface area contributed by atoms with Gasteiger partial charge in [0.15, 0.2) is 0 Å². The Morgan fingerprint density at radius 3 is 2.52 bits per heavy atom. The molecule has 0 radical (unpaired) electrons. The van der Waals surface area contributed by atoms with E-state index in [0.717, 1.165) is 18.9 Å². The first kappa shape index (κ1) is 13.7. The van der Waals surface area contributed by atoms with Crippen LogP contribution in [0.3, 0.4) is 0 Å². The highest BCUT2D eigenvalue weighted by Gasteiger charge is 2.43. The van der Waals surface area contributed by atoms with E-state index in [1.807, 2.05) is 4.90 Å². The molecule has 1 heterocycles. The molecule has 112 valence electrons. The minimum absolute atomic E-state index is 0.139. The van der Waals surface area contributed by atoms with Crippen molar-refractivity contribution in [3.63, 3.8) is 0 Å². The molecule has 3 rings (SSSR count). The van der Waals surface area contributed by atoms with Gasteiger partial charge in [0.1, 0.15) is 5.69 Å². The zero-order valence-electron chi connectivity index (χ0n) is 11.2. The molecule has 1 aliphatic heterocycles. The molecular weight excluding hydrogens is 278 g/mol. The molecule has 1 aromatic carbocycles. The maximum Gasteiger partial charge on any atom is 0.299 e. The predicted octanol–water partition coefficient (Wildman–Crippen LogP) is 1.71. The second-order valence-electron chi connectivity index (χ2n) is 5.66. The fraction of sp³-hybridized carbons (Fsp3) is 0.538. The predicted molar refractivity (Wildman–Crippen MR) is 74.2 cm³/mol. The summed E-state index contributed by atoms with van der Waals surface area (Å²) >= 11 is 0. The number of aliphatic hydroxyl groups excluding tert-OH is 1. The molecule has 1 aromatic rings. The van der Waals surface area contributed by atoms with Crippen molar-refractivity contribution < 1.29 is 15.0 Å². The van der Waals surface area contributed by atoms with Crippen LogP contribution in [0.4, 0.5) is 17.1 Å². The van der Waals surface area contributed by atoms with E-state index in [1.54, 1.807) is 0 Å². The lowest BCUT2D eigenvalue weighted by Crippen LogP contribution is -2.25. The maximum atomic E-state index is 11.2. The number of benzene rings is 1. The Labute approximate surface area is 120 Å². The number of nitrogens with zero attached hydrogens (tertiary/aromatic N) is 3. The van der Waals surface area contributed by atoms with Gasteiger partial charge in [-0.2, -0.15) is 0 Å². The van der Waals surface area contributed by atoms with Crippen LogP contribution in [0, 0.1) is 32.1 Å². The van der Waals surface area contributed by atoms with Crippen molar-refractivity contribution in [1.82, 2.24) is 0 Å². The summed E-state index contributed by atoms with van der Waals surface area (Å²) in [6, 6.07) is 3.72. The molecule has 0 aromatic heterocycles. The standard InChI is InChI=1S/C13H15N3O5/c17-13-4-1-8-6-14(7-10(8)13)11-3-2-9(15(18)19)5-12(11)16(20)21/h2-3,5,8,10,13,17H,1,4,6-7H2. The third-order valence-corrected chi connectivity index (χ3v) is 4.53. The van der Waals surface area contributed by atoms with Crippen molar-refractivity contribution in [3.05, 3.63) is 38.4 Å². The lowest BCUT2D eigenvalue weighted by molar-refractivity contribution is -0.393. The van der Waals surface area contributed by atoms with E-state index in [0.29, 0.717) is 24.7 Å². The first-order valence-electron chi connectivity index (χ1n) is 6.83. The van der Waals surface area contributed by atoms with Gasteiger partial charge >= 0.3 is 0 Å². The van der Waals surface area contributed by atoms with E-state index in [-0.39, 0.29) is 23.4 Å². The maximum absolute atomic E-state index is 11.2. The largest absolute Gasteiger partial charge is 0.393 e. The van der Waals surface area contributed by atoms with Gasteiger partial charge in [-0.05, 0) is 24.8 Å². The highest BCUT2D eigenvalue weighted by molar-refractivity contribution is 5.67. The number of nitro benzene ring substituents is 2. The van der Waals surface area contributed by atoms with Crippen molar-refractivity contribution in [1.29, 1.82) is 0 Å². The van der Waals surface area contributed by atoms with Crippen molar-refractivity contribution in [2.45, 2.75) is 18.9 Å². The summed E-state index contributed by atoms with van der Waals surface area (Å²) in [4.78, 5) is 22.5. The summed E-state index contributed by atoms with van der Waals surface area (Å²) in [6.45, 7) is 1.21. The first-order chi connectivity index (χ1) is 9.97. The lowest BCUT2D eigenvalue weighted by Gasteiger charge is -2.20. The third-order valence-electron chi connectivity index (χ3n) is 4.53. The molecule has 2 aliphatic rings. The number of hydrogen-bond donors (Lipinski definition) is 1. The highest BCUT2D eigenvalue weighted by Crippen LogP contribution is 2.42. The Bertz CT molecular complexity index is 605. The average molecular weight is 293 g/mol. The first-order valence-corrected chi connectivity index (χ1v) is 6.83. The van der Waals surface area contributed by atoms with E-state index in [4.69, 9.17) is 0 Å². The number of anilines is 1. The molecule has 1 aliphatic carbocycles. The van der Waals surface area contributed by atoms with Crippen molar-refractivity contribution >= 4 is 17.1 Å². The second kappa shape index (κ2) is 4.96. The minimum atomic E-state index is -0.640. The molecule has 3 unspecified atom stereocenters. The molecule has 1 N–H and O–H groups in total. The fourth-order valence-corrected chi connectivity index (χ4v) is 3.47. The van der Waals surface area contributed by atoms with Gasteiger partial charge in [0, 0.05) is 25.1 Å². The smallest absolute Gasteiger partial charge is 0.299 e. The highest BCUT2D eigenvalue weighted by atomic mass is 16.6. The van der Waals surface area contributed by atoms with Crippen LogP contribution in [0.25, 0.3) is 0 Å². The van der Waals surface area contributed by atoms with Crippen molar-refractivity contribution in [2.24, 2.45) is 11.8 Å². The number of nitro groups is 2. The van der Waals surface area contributed by atoms with Gasteiger partial charge in [-0.3, -0.25) is 20.2 Å². The van der Waals surface area contributed by atoms with Crippen LogP contribution in [0.1, 0.15) is 12.8 Å². The van der Waals surface area contributed by atoms with Crippen LogP contribution in [0.5, 0.6) is 0 Å². The minimum Gasteiger partial charge on any atom is -0.393 e. The third kappa shape index (κ3) is 2.31. The summed E-state index contributed by atoms with van der Waals surface area (Å²) in [5, 5.41) is 31.8. The molecular formula is C13H15N3O5. The Balaban J connectivity index is 1.92.